The summed E-state index contributed by atoms with van der Waals surface area (Å²) in [6.07, 6.45) is 3.38. The van der Waals surface area contributed by atoms with Gasteiger partial charge in [-0.15, -0.1) is 0 Å². The van der Waals surface area contributed by atoms with Crippen LogP contribution in [0.2, 0.25) is 0 Å². The molecule has 0 aromatic carbocycles. The summed E-state index contributed by atoms with van der Waals surface area (Å²) in [4.78, 5) is 22.4. The second-order valence-corrected chi connectivity index (χ2v) is 3.24. The van der Waals surface area contributed by atoms with E-state index >= 15 is 0 Å². The Morgan fingerprint density at radius 3 is 1.80 bits per heavy atom. The number of cyclic esters (lactones) is 2. The summed E-state index contributed by atoms with van der Waals surface area (Å²) >= 11 is 0. The molecule has 0 saturated carbocycles. The van der Waals surface area contributed by atoms with E-state index in [-0.39, 0.29) is 11.1 Å². The van der Waals surface area contributed by atoms with Crippen LogP contribution in [0, 0.1) is 23.7 Å². The lowest BCUT2D eigenvalue weighted by atomic mass is 10.1. The van der Waals surface area contributed by atoms with Crippen LogP contribution in [0.3, 0.4) is 0 Å². The van der Waals surface area contributed by atoms with Crippen LogP contribution in [0.25, 0.3) is 0 Å². The molecule has 0 N–H and O–H groups in total. The molecule has 0 saturated heterocycles. The van der Waals surface area contributed by atoms with Gasteiger partial charge >= 0.3 is 11.9 Å². The summed E-state index contributed by atoms with van der Waals surface area (Å²) in [7, 11) is 0. The Bertz CT molecular complexity index is 430. The van der Waals surface area contributed by atoms with Gasteiger partial charge in [0.2, 0.25) is 0 Å². The Morgan fingerprint density at radius 2 is 1.33 bits per heavy atom. The maximum absolute atomic E-state index is 11.2. The first kappa shape index (κ1) is 9.55. The van der Waals surface area contributed by atoms with Gasteiger partial charge < -0.3 is 4.74 Å². The number of hydrogen-bond donors (Lipinski definition) is 0. The monoisotopic (exact) mass is 200 g/mol. The van der Waals surface area contributed by atoms with Crippen molar-refractivity contribution in [2.24, 2.45) is 0 Å². The zero-order chi connectivity index (χ0) is 10.7. The molecule has 0 aromatic rings. The second kappa shape index (κ2) is 4.02. The summed E-state index contributed by atoms with van der Waals surface area (Å²) < 4.78 is 4.44. The van der Waals surface area contributed by atoms with Crippen molar-refractivity contribution in [2.75, 3.05) is 0 Å². The zero-order valence-electron chi connectivity index (χ0n) is 8.05. The first-order valence-electron chi connectivity index (χ1n) is 4.77. The SMILES string of the molecule is O=C1OC(=O)C2=C1C#CCCCCC#C2. The fraction of sp³-hybridized carbons (Fsp3) is 0.333. The lowest BCUT2D eigenvalue weighted by Gasteiger charge is -1.91. The highest BCUT2D eigenvalue weighted by Crippen LogP contribution is 2.16. The van der Waals surface area contributed by atoms with Crippen molar-refractivity contribution in [2.45, 2.75) is 25.7 Å². The van der Waals surface area contributed by atoms with Gasteiger partial charge in [-0.1, -0.05) is 23.7 Å². The molecule has 0 atom stereocenters. The van der Waals surface area contributed by atoms with Crippen molar-refractivity contribution >= 4 is 11.9 Å². The van der Waals surface area contributed by atoms with E-state index in [2.05, 4.69) is 28.4 Å². The molecule has 3 heteroatoms. The van der Waals surface area contributed by atoms with E-state index in [0.29, 0.717) is 0 Å². The van der Waals surface area contributed by atoms with Gasteiger partial charge in [0.15, 0.2) is 0 Å². The van der Waals surface area contributed by atoms with Crippen molar-refractivity contribution in [1.29, 1.82) is 0 Å². The minimum absolute atomic E-state index is 0.120. The molecule has 15 heavy (non-hydrogen) atoms. The number of rotatable bonds is 0. The van der Waals surface area contributed by atoms with Crippen molar-refractivity contribution in [3.05, 3.63) is 11.1 Å². The standard InChI is InChI=1S/C12H8O3/c13-11-9-7-5-3-1-2-4-6-8-10(9)12(14)15-11/h1-4H2. The van der Waals surface area contributed by atoms with E-state index in [1.165, 1.54) is 0 Å². The molecular weight excluding hydrogens is 192 g/mol. The molecule has 3 nitrogen and oxygen atoms in total. The number of hydrogen-bond acceptors (Lipinski definition) is 3. The normalized spacial score (nSPS) is 19.5. The number of esters is 2. The van der Waals surface area contributed by atoms with E-state index < -0.39 is 11.9 Å². The molecule has 74 valence electrons. The van der Waals surface area contributed by atoms with Crippen LogP contribution >= 0.6 is 0 Å². The lowest BCUT2D eigenvalue weighted by molar-refractivity contribution is -0.150. The number of carbonyl (C=O) groups is 2. The molecule has 2 rings (SSSR count). The van der Waals surface area contributed by atoms with Crippen molar-refractivity contribution in [1.82, 2.24) is 0 Å². The molecule has 1 aliphatic heterocycles. The maximum atomic E-state index is 11.2. The minimum atomic E-state index is -0.669. The third kappa shape index (κ3) is 1.92. The lowest BCUT2D eigenvalue weighted by Crippen LogP contribution is -2.01. The highest BCUT2D eigenvalue weighted by Gasteiger charge is 2.31. The van der Waals surface area contributed by atoms with Gasteiger partial charge in [-0.2, -0.15) is 0 Å². The smallest absolute Gasteiger partial charge is 0.356 e. The average Bonchev–Trinajstić information content (AvgIpc) is 2.49. The summed E-state index contributed by atoms with van der Waals surface area (Å²) in [5.74, 6) is 9.69. The van der Waals surface area contributed by atoms with Gasteiger partial charge in [-0.05, 0) is 12.8 Å². The molecule has 0 amide bonds. The van der Waals surface area contributed by atoms with E-state index in [9.17, 15) is 9.59 Å². The minimum Gasteiger partial charge on any atom is -0.385 e. The summed E-state index contributed by atoms with van der Waals surface area (Å²) in [5.41, 5.74) is 0.240. The highest BCUT2D eigenvalue weighted by atomic mass is 16.6. The van der Waals surface area contributed by atoms with Crippen LogP contribution in [0.5, 0.6) is 0 Å². The van der Waals surface area contributed by atoms with Crippen molar-refractivity contribution < 1.29 is 14.3 Å². The fourth-order valence-corrected chi connectivity index (χ4v) is 1.35. The number of carbonyl (C=O) groups excluding carboxylic acids is 2. The van der Waals surface area contributed by atoms with Crippen molar-refractivity contribution in [3.8, 4) is 23.7 Å². The molecular formula is C12H8O3. The average molecular weight is 200 g/mol. The molecule has 1 aliphatic carbocycles. The van der Waals surface area contributed by atoms with Crippen LogP contribution < -0.4 is 0 Å². The molecule has 0 unspecified atom stereocenters. The predicted octanol–water partition coefficient (Wildman–Crippen LogP) is 0.947. The van der Waals surface area contributed by atoms with E-state index in [4.69, 9.17) is 0 Å². The highest BCUT2D eigenvalue weighted by molar-refractivity contribution is 6.17. The van der Waals surface area contributed by atoms with E-state index in [1.807, 2.05) is 0 Å². The molecule has 0 spiro atoms. The largest absolute Gasteiger partial charge is 0.385 e. The Hall–Kier alpha value is -2.00. The Balaban J connectivity index is 2.45. The third-order valence-electron chi connectivity index (χ3n) is 2.12. The van der Waals surface area contributed by atoms with E-state index in [0.717, 1.165) is 25.7 Å². The molecule has 0 radical (unpaired) electrons. The van der Waals surface area contributed by atoms with Gasteiger partial charge in [-0.3, -0.25) is 0 Å². The first-order chi connectivity index (χ1) is 7.29. The van der Waals surface area contributed by atoms with Gasteiger partial charge in [0, 0.05) is 12.8 Å². The summed E-state index contributed by atoms with van der Waals surface area (Å²) in [6, 6.07) is 0. The van der Waals surface area contributed by atoms with Gasteiger partial charge in [0.05, 0.1) is 0 Å². The van der Waals surface area contributed by atoms with Gasteiger partial charge in [-0.25, -0.2) is 9.59 Å². The second-order valence-electron chi connectivity index (χ2n) is 3.24. The Morgan fingerprint density at radius 1 is 0.867 bits per heavy atom. The van der Waals surface area contributed by atoms with Crippen LogP contribution in [0.1, 0.15) is 25.7 Å². The molecule has 0 aromatic heterocycles. The van der Waals surface area contributed by atoms with Crippen LogP contribution in [0.4, 0.5) is 0 Å². The quantitative estimate of drug-likeness (QED) is 0.332. The first-order valence-corrected chi connectivity index (χ1v) is 4.77. The van der Waals surface area contributed by atoms with E-state index in [1.54, 1.807) is 0 Å². The van der Waals surface area contributed by atoms with Crippen LogP contribution in [0.15, 0.2) is 11.1 Å². The van der Waals surface area contributed by atoms with Gasteiger partial charge in [0.1, 0.15) is 11.1 Å². The summed E-state index contributed by atoms with van der Waals surface area (Å²) in [6.45, 7) is 0. The number of ether oxygens (including phenoxy) is 1. The zero-order valence-corrected chi connectivity index (χ0v) is 8.05. The predicted molar refractivity (Wildman–Crippen MR) is 52.1 cm³/mol. The maximum Gasteiger partial charge on any atom is 0.356 e. The van der Waals surface area contributed by atoms with Crippen LogP contribution in [-0.4, -0.2) is 11.9 Å². The molecule has 0 fully saturated rings. The summed E-state index contributed by atoms with van der Waals surface area (Å²) in [5, 5.41) is 0. The van der Waals surface area contributed by atoms with Crippen LogP contribution in [-0.2, 0) is 14.3 Å². The topological polar surface area (TPSA) is 43.4 Å². The molecule has 0 bridgehead atoms. The Labute approximate surface area is 87.5 Å². The fourth-order valence-electron chi connectivity index (χ4n) is 1.35. The van der Waals surface area contributed by atoms with Gasteiger partial charge in [0.25, 0.3) is 0 Å². The molecule has 2 aliphatic rings. The molecule has 1 heterocycles. The van der Waals surface area contributed by atoms with Crippen molar-refractivity contribution in [3.63, 3.8) is 0 Å². The Kier molecular flexibility index (Phi) is 2.56. The third-order valence-corrected chi connectivity index (χ3v) is 2.12.